The average Bonchev–Trinajstić information content (AvgIpc) is 2.43. The molecule has 0 aromatic carbocycles. The summed E-state index contributed by atoms with van der Waals surface area (Å²) in [5.74, 6) is 1.01. The molecule has 4 aliphatic rings. The van der Waals surface area contributed by atoms with Gasteiger partial charge in [-0.15, -0.1) is 0 Å². The minimum absolute atomic E-state index is 0.889. The van der Waals surface area contributed by atoms with E-state index in [4.69, 9.17) is 0 Å². The fourth-order valence-corrected chi connectivity index (χ4v) is 3.36. The van der Waals surface area contributed by atoms with Crippen molar-refractivity contribution in [3.8, 4) is 0 Å². The van der Waals surface area contributed by atoms with E-state index in [1.54, 1.807) is 0 Å². The summed E-state index contributed by atoms with van der Waals surface area (Å²) in [6, 6.07) is 0.889. The monoisotopic (exact) mass is 225 g/mol. The van der Waals surface area contributed by atoms with Crippen LogP contribution in [0.5, 0.6) is 0 Å². The molecule has 94 valence electrons. The van der Waals surface area contributed by atoms with Crippen LogP contribution in [0.2, 0.25) is 0 Å². The summed E-state index contributed by atoms with van der Waals surface area (Å²) in [5.41, 5.74) is 0. The van der Waals surface area contributed by atoms with E-state index >= 15 is 0 Å². The van der Waals surface area contributed by atoms with Gasteiger partial charge in [0.1, 0.15) is 0 Å². The van der Waals surface area contributed by atoms with E-state index in [1.807, 2.05) is 13.8 Å². The van der Waals surface area contributed by atoms with Gasteiger partial charge in [-0.05, 0) is 31.8 Å². The molecule has 0 aromatic heterocycles. The van der Waals surface area contributed by atoms with Gasteiger partial charge in [0.25, 0.3) is 0 Å². The van der Waals surface area contributed by atoms with Gasteiger partial charge in [0.15, 0.2) is 0 Å². The normalized spacial score (nSPS) is 39.0. The van der Waals surface area contributed by atoms with Crippen LogP contribution in [0.3, 0.4) is 0 Å². The molecule has 2 bridgehead atoms. The summed E-state index contributed by atoms with van der Waals surface area (Å²) in [5, 5.41) is 3.44. The second-order valence-corrected chi connectivity index (χ2v) is 4.99. The zero-order valence-electron chi connectivity index (χ0n) is 10.9. The summed E-state index contributed by atoms with van der Waals surface area (Å²) >= 11 is 0. The van der Waals surface area contributed by atoms with Crippen molar-refractivity contribution in [2.45, 2.75) is 32.7 Å². The quantitative estimate of drug-likeness (QED) is 0.718. The zero-order chi connectivity index (χ0) is 11.4. The maximum absolute atomic E-state index is 3.44. The van der Waals surface area contributed by atoms with E-state index in [0.29, 0.717) is 0 Å². The van der Waals surface area contributed by atoms with Gasteiger partial charge in [0.05, 0.1) is 0 Å². The lowest BCUT2D eigenvalue weighted by Crippen LogP contribution is -2.60. The van der Waals surface area contributed by atoms with Gasteiger partial charge in [-0.2, -0.15) is 0 Å². The van der Waals surface area contributed by atoms with Gasteiger partial charge in [-0.3, -0.25) is 4.90 Å². The van der Waals surface area contributed by atoms with Crippen molar-refractivity contribution < 1.29 is 0 Å². The predicted octanol–water partition coefficient (Wildman–Crippen LogP) is 1.01. The van der Waals surface area contributed by atoms with Crippen LogP contribution in [0.25, 0.3) is 0 Å². The Bertz CT molecular complexity index is 193. The van der Waals surface area contributed by atoms with Crippen LogP contribution in [0.15, 0.2) is 0 Å². The van der Waals surface area contributed by atoms with Gasteiger partial charge in [0.2, 0.25) is 0 Å². The van der Waals surface area contributed by atoms with Crippen molar-refractivity contribution in [3.05, 3.63) is 0 Å². The first-order chi connectivity index (χ1) is 7.93. The number of piperazine rings is 1. The predicted molar refractivity (Wildman–Crippen MR) is 68.7 cm³/mol. The van der Waals surface area contributed by atoms with E-state index in [-0.39, 0.29) is 0 Å². The lowest BCUT2D eigenvalue weighted by atomic mass is 9.83. The van der Waals surface area contributed by atoms with Crippen LogP contribution in [0.4, 0.5) is 0 Å². The van der Waals surface area contributed by atoms with Crippen molar-refractivity contribution in [2.24, 2.45) is 5.92 Å². The molecule has 4 saturated heterocycles. The molecule has 3 nitrogen and oxygen atoms in total. The molecule has 4 aliphatic heterocycles. The van der Waals surface area contributed by atoms with E-state index in [0.717, 1.165) is 12.0 Å². The van der Waals surface area contributed by atoms with E-state index in [2.05, 4.69) is 15.1 Å². The molecule has 4 rings (SSSR count). The van der Waals surface area contributed by atoms with Crippen LogP contribution >= 0.6 is 0 Å². The number of piperidine rings is 3. The van der Waals surface area contributed by atoms with Crippen LogP contribution in [0.1, 0.15) is 26.7 Å². The number of hydrogen-bond donors (Lipinski definition) is 1. The molecular formula is C13H27N3. The molecule has 3 heteroatoms. The Hall–Kier alpha value is -0.120. The molecule has 0 aromatic rings. The average molecular weight is 225 g/mol. The molecule has 1 atom stereocenters. The van der Waals surface area contributed by atoms with Crippen LogP contribution < -0.4 is 5.32 Å². The van der Waals surface area contributed by atoms with Crippen LogP contribution in [0, 0.1) is 5.92 Å². The van der Waals surface area contributed by atoms with Gasteiger partial charge in [-0.25, -0.2) is 0 Å². The Labute approximate surface area is 100 Å². The molecule has 0 saturated carbocycles. The highest BCUT2D eigenvalue weighted by Crippen LogP contribution is 2.30. The largest absolute Gasteiger partial charge is 0.314 e. The van der Waals surface area contributed by atoms with Crippen molar-refractivity contribution >= 4 is 0 Å². The third-order valence-electron chi connectivity index (χ3n) is 4.24. The molecule has 0 radical (unpaired) electrons. The summed E-state index contributed by atoms with van der Waals surface area (Å²) < 4.78 is 0. The van der Waals surface area contributed by atoms with E-state index in [9.17, 15) is 0 Å². The van der Waals surface area contributed by atoms with Crippen LogP contribution in [-0.4, -0.2) is 61.7 Å². The summed E-state index contributed by atoms with van der Waals surface area (Å²) in [4.78, 5) is 5.39. The fourth-order valence-electron chi connectivity index (χ4n) is 3.36. The molecule has 0 amide bonds. The zero-order valence-corrected chi connectivity index (χ0v) is 10.9. The highest BCUT2D eigenvalue weighted by atomic mass is 15.3. The van der Waals surface area contributed by atoms with Gasteiger partial charge in [0, 0.05) is 38.8 Å². The Balaban J connectivity index is 0.000000457. The van der Waals surface area contributed by atoms with Crippen LogP contribution in [-0.2, 0) is 0 Å². The first-order valence-electron chi connectivity index (χ1n) is 7.10. The summed E-state index contributed by atoms with van der Waals surface area (Å²) in [6.45, 7) is 13.0. The molecule has 1 N–H and O–H groups in total. The third-order valence-corrected chi connectivity index (χ3v) is 4.24. The van der Waals surface area contributed by atoms with Crippen molar-refractivity contribution in [1.82, 2.24) is 15.1 Å². The van der Waals surface area contributed by atoms with Crippen molar-refractivity contribution in [1.29, 1.82) is 0 Å². The molecule has 4 heterocycles. The highest BCUT2D eigenvalue weighted by molar-refractivity contribution is 4.93. The first-order valence-corrected chi connectivity index (χ1v) is 7.10. The topological polar surface area (TPSA) is 18.5 Å². The third kappa shape index (κ3) is 2.58. The first kappa shape index (κ1) is 12.3. The van der Waals surface area contributed by atoms with Crippen molar-refractivity contribution in [2.75, 3.05) is 45.8 Å². The van der Waals surface area contributed by atoms with E-state index < -0.39 is 0 Å². The molecule has 4 fully saturated rings. The maximum atomic E-state index is 3.44. The Morgan fingerprint density at radius 2 is 1.56 bits per heavy atom. The Morgan fingerprint density at radius 3 is 2.06 bits per heavy atom. The molecular weight excluding hydrogens is 198 g/mol. The number of nitrogens with zero attached hydrogens (tertiary/aromatic N) is 2. The highest BCUT2D eigenvalue weighted by Gasteiger charge is 2.37. The maximum Gasteiger partial charge on any atom is 0.0253 e. The fraction of sp³-hybridized carbons (Fsp3) is 1.00. The van der Waals surface area contributed by atoms with Gasteiger partial charge >= 0.3 is 0 Å². The molecule has 1 unspecified atom stereocenters. The standard InChI is InChI=1S/C11H21N3.C2H6/c1-5-13-6-2-10(1)11(9-13)14-7-3-12-4-8-14;1-2/h10-12H,1-9H2;1-2H3. The molecule has 16 heavy (non-hydrogen) atoms. The minimum Gasteiger partial charge on any atom is -0.314 e. The Morgan fingerprint density at radius 1 is 0.938 bits per heavy atom. The SMILES string of the molecule is C1CN(C2CN3CCC2CC3)CCN1.CC. The second kappa shape index (κ2) is 5.99. The molecule has 0 spiro atoms. The number of rotatable bonds is 1. The number of fused-ring (bicyclic) bond motifs is 3. The molecule has 0 aliphatic carbocycles. The number of nitrogens with one attached hydrogen (secondary N) is 1. The van der Waals surface area contributed by atoms with Gasteiger partial charge in [-0.1, -0.05) is 13.8 Å². The van der Waals surface area contributed by atoms with Crippen molar-refractivity contribution in [3.63, 3.8) is 0 Å². The number of hydrogen-bond acceptors (Lipinski definition) is 3. The lowest BCUT2D eigenvalue weighted by Gasteiger charge is -2.50. The lowest BCUT2D eigenvalue weighted by molar-refractivity contribution is 0.000608. The summed E-state index contributed by atoms with van der Waals surface area (Å²) in [6.07, 6.45) is 2.91. The smallest absolute Gasteiger partial charge is 0.0253 e. The minimum atomic E-state index is 0.889. The van der Waals surface area contributed by atoms with Gasteiger partial charge < -0.3 is 10.2 Å². The Kier molecular flexibility index (Phi) is 4.62. The summed E-state index contributed by atoms with van der Waals surface area (Å²) in [7, 11) is 0. The van der Waals surface area contributed by atoms with E-state index in [1.165, 1.54) is 58.7 Å². The second-order valence-electron chi connectivity index (χ2n) is 4.99.